The molecular formula is C34H42N4O6. The predicted octanol–water partition coefficient (Wildman–Crippen LogP) is 3.46. The van der Waals surface area contributed by atoms with Crippen molar-refractivity contribution in [3.05, 3.63) is 102 Å². The summed E-state index contributed by atoms with van der Waals surface area (Å²) in [7, 11) is 0. The highest BCUT2D eigenvalue weighted by Crippen LogP contribution is 2.17. The standard InChI is InChI=1S/C34H42N4O6/c1-33(2,3)44-32(42)37-28(21-25-11-7-5-8-12-25)30(40)38-34(4,22-26-13-9-6-10-14-26)31(41)36-20-19-24-15-17-27(18-16-24)43-23-29(35)39/h5-18,28H,19-23H2,1-4H3,(H2,35,39)(H,36,41)(H,37,42)(H,38,40)/t28-,34+/m0/s1. The van der Waals surface area contributed by atoms with Gasteiger partial charge in [-0.15, -0.1) is 0 Å². The van der Waals surface area contributed by atoms with Crippen molar-refractivity contribution in [1.29, 1.82) is 0 Å². The minimum absolute atomic E-state index is 0.202. The summed E-state index contributed by atoms with van der Waals surface area (Å²) in [6.45, 7) is 7.00. The highest BCUT2D eigenvalue weighted by molar-refractivity contribution is 5.94. The summed E-state index contributed by atoms with van der Waals surface area (Å²) in [5.41, 5.74) is 5.66. The van der Waals surface area contributed by atoms with Crippen molar-refractivity contribution in [2.24, 2.45) is 5.73 Å². The Hall–Kier alpha value is -4.86. The van der Waals surface area contributed by atoms with Gasteiger partial charge in [0, 0.05) is 19.4 Å². The van der Waals surface area contributed by atoms with Gasteiger partial charge in [-0.1, -0.05) is 72.8 Å². The van der Waals surface area contributed by atoms with E-state index in [1.807, 2.05) is 72.8 Å². The number of benzene rings is 3. The Balaban J connectivity index is 1.75. The minimum atomic E-state index is -1.34. The van der Waals surface area contributed by atoms with Gasteiger partial charge in [-0.3, -0.25) is 14.4 Å². The number of rotatable bonds is 14. The van der Waals surface area contributed by atoms with Crippen LogP contribution in [0.3, 0.4) is 0 Å². The van der Waals surface area contributed by atoms with Gasteiger partial charge in [-0.2, -0.15) is 0 Å². The fraction of sp³-hybridized carbons (Fsp3) is 0.353. The van der Waals surface area contributed by atoms with Crippen LogP contribution in [-0.4, -0.2) is 54.1 Å². The van der Waals surface area contributed by atoms with E-state index in [0.29, 0.717) is 18.7 Å². The molecule has 0 heterocycles. The second-order valence-corrected chi connectivity index (χ2v) is 11.8. The van der Waals surface area contributed by atoms with Gasteiger partial charge in [0.05, 0.1) is 0 Å². The van der Waals surface area contributed by atoms with E-state index in [-0.39, 0.29) is 25.4 Å². The van der Waals surface area contributed by atoms with Gasteiger partial charge >= 0.3 is 6.09 Å². The average Bonchev–Trinajstić information content (AvgIpc) is 2.96. The highest BCUT2D eigenvalue weighted by atomic mass is 16.6. The van der Waals surface area contributed by atoms with Crippen LogP contribution in [0.25, 0.3) is 0 Å². The molecule has 3 rings (SSSR count). The van der Waals surface area contributed by atoms with Crippen LogP contribution in [0.1, 0.15) is 44.4 Å². The Bertz CT molecular complexity index is 1390. The lowest BCUT2D eigenvalue weighted by Gasteiger charge is -2.32. The number of carbonyl (C=O) groups excluding carboxylic acids is 4. The molecule has 0 unspecified atom stereocenters. The highest BCUT2D eigenvalue weighted by Gasteiger charge is 2.37. The molecule has 10 heteroatoms. The van der Waals surface area contributed by atoms with Gasteiger partial charge in [0.25, 0.3) is 5.91 Å². The number of amides is 4. The van der Waals surface area contributed by atoms with E-state index in [9.17, 15) is 19.2 Å². The van der Waals surface area contributed by atoms with E-state index in [0.717, 1.165) is 16.7 Å². The molecule has 0 radical (unpaired) electrons. The molecule has 3 aromatic rings. The molecule has 0 aliphatic carbocycles. The van der Waals surface area contributed by atoms with Crippen LogP contribution < -0.4 is 26.4 Å². The lowest BCUT2D eigenvalue weighted by atomic mass is 9.90. The number of carbonyl (C=O) groups is 4. The molecular weight excluding hydrogens is 560 g/mol. The number of primary amides is 1. The molecule has 234 valence electrons. The largest absolute Gasteiger partial charge is 0.484 e. The van der Waals surface area contributed by atoms with E-state index in [2.05, 4.69) is 16.0 Å². The Kier molecular flexibility index (Phi) is 11.9. The summed E-state index contributed by atoms with van der Waals surface area (Å²) < 4.78 is 10.7. The van der Waals surface area contributed by atoms with E-state index < -0.39 is 35.1 Å². The van der Waals surface area contributed by atoms with Crippen molar-refractivity contribution in [3.8, 4) is 5.75 Å². The number of nitrogens with one attached hydrogen (secondary N) is 3. The normalized spacial score (nSPS) is 13.1. The molecule has 0 spiro atoms. The van der Waals surface area contributed by atoms with E-state index in [1.54, 1.807) is 39.8 Å². The van der Waals surface area contributed by atoms with Crippen LogP contribution in [0.15, 0.2) is 84.9 Å². The average molecular weight is 603 g/mol. The first-order valence-corrected chi connectivity index (χ1v) is 14.5. The van der Waals surface area contributed by atoms with Crippen molar-refractivity contribution >= 4 is 23.8 Å². The SMILES string of the molecule is CC(C)(C)OC(=O)N[C@@H](Cc1ccccc1)C(=O)N[C@](C)(Cc1ccccc1)C(=O)NCCc1ccc(OCC(N)=O)cc1. The summed E-state index contributed by atoms with van der Waals surface area (Å²) in [5.74, 6) is -0.930. The van der Waals surface area contributed by atoms with Gasteiger partial charge in [-0.05, 0) is 62.9 Å². The predicted molar refractivity (Wildman–Crippen MR) is 168 cm³/mol. The summed E-state index contributed by atoms with van der Waals surface area (Å²) in [6, 6.07) is 24.8. The van der Waals surface area contributed by atoms with Crippen molar-refractivity contribution in [1.82, 2.24) is 16.0 Å². The van der Waals surface area contributed by atoms with Crippen LogP contribution in [0.5, 0.6) is 5.75 Å². The molecule has 0 aliphatic heterocycles. The number of alkyl carbamates (subject to hydrolysis) is 1. The fourth-order valence-corrected chi connectivity index (χ4v) is 4.48. The first-order valence-electron chi connectivity index (χ1n) is 14.5. The summed E-state index contributed by atoms with van der Waals surface area (Å²) in [5, 5.41) is 8.58. The fourth-order valence-electron chi connectivity index (χ4n) is 4.48. The van der Waals surface area contributed by atoms with Crippen LogP contribution in [0.4, 0.5) is 4.79 Å². The maximum atomic E-state index is 13.8. The first-order chi connectivity index (χ1) is 20.8. The lowest BCUT2D eigenvalue weighted by Crippen LogP contribution is -2.62. The number of ether oxygens (including phenoxy) is 2. The lowest BCUT2D eigenvalue weighted by molar-refractivity contribution is -0.133. The molecule has 0 saturated heterocycles. The zero-order valence-electron chi connectivity index (χ0n) is 25.7. The zero-order valence-corrected chi connectivity index (χ0v) is 25.7. The Morgan fingerprint density at radius 2 is 1.39 bits per heavy atom. The maximum Gasteiger partial charge on any atom is 0.408 e. The van der Waals surface area contributed by atoms with Gasteiger partial charge in [0.15, 0.2) is 6.61 Å². The van der Waals surface area contributed by atoms with Crippen molar-refractivity contribution in [2.45, 2.75) is 64.1 Å². The van der Waals surface area contributed by atoms with Crippen LogP contribution in [0, 0.1) is 0 Å². The number of hydrogen-bond acceptors (Lipinski definition) is 6. The van der Waals surface area contributed by atoms with Gasteiger partial charge < -0.3 is 31.2 Å². The molecule has 0 aromatic heterocycles. The molecule has 0 fully saturated rings. The smallest absolute Gasteiger partial charge is 0.408 e. The maximum absolute atomic E-state index is 13.8. The topological polar surface area (TPSA) is 149 Å². The Morgan fingerprint density at radius 3 is 1.95 bits per heavy atom. The van der Waals surface area contributed by atoms with E-state index in [1.165, 1.54) is 0 Å². The minimum Gasteiger partial charge on any atom is -0.484 e. The third-order valence-corrected chi connectivity index (χ3v) is 6.59. The molecule has 5 N–H and O–H groups in total. The van der Waals surface area contributed by atoms with Crippen molar-refractivity contribution in [3.63, 3.8) is 0 Å². The molecule has 0 aliphatic rings. The van der Waals surface area contributed by atoms with Gasteiger partial charge in [0.2, 0.25) is 11.8 Å². The van der Waals surface area contributed by atoms with Gasteiger partial charge in [0.1, 0.15) is 22.9 Å². The summed E-state index contributed by atoms with van der Waals surface area (Å²) >= 11 is 0. The van der Waals surface area contributed by atoms with Crippen molar-refractivity contribution in [2.75, 3.05) is 13.2 Å². The second-order valence-electron chi connectivity index (χ2n) is 11.8. The molecule has 44 heavy (non-hydrogen) atoms. The summed E-state index contributed by atoms with van der Waals surface area (Å²) in [6.07, 6.45) is 0.220. The second kappa shape index (κ2) is 15.6. The molecule has 0 saturated carbocycles. The third kappa shape index (κ3) is 11.4. The number of hydrogen-bond donors (Lipinski definition) is 4. The molecule has 2 atom stereocenters. The van der Waals surface area contributed by atoms with Crippen LogP contribution in [0.2, 0.25) is 0 Å². The zero-order chi connectivity index (χ0) is 32.2. The Morgan fingerprint density at radius 1 is 0.795 bits per heavy atom. The number of nitrogens with two attached hydrogens (primary N) is 1. The van der Waals surface area contributed by atoms with Gasteiger partial charge in [-0.25, -0.2) is 4.79 Å². The molecule has 0 bridgehead atoms. The van der Waals surface area contributed by atoms with E-state index in [4.69, 9.17) is 15.2 Å². The Labute approximate surface area is 258 Å². The monoisotopic (exact) mass is 602 g/mol. The molecule has 10 nitrogen and oxygen atoms in total. The third-order valence-electron chi connectivity index (χ3n) is 6.59. The van der Waals surface area contributed by atoms with Crippen LogP contribution in [-0.2, 0) is 38.4 Å². The van der Waals surface area contributed by atoms with Crippen molar-refractivity contribution < 1.29 is 28.7 Å². The molecule has 4 amide bonds. The van der Waals surface area contributed by atoms with Crippen LogP contribution >= 0.6 is 0 Å². The molecule has 3 aromatic carbocycles. The quantitative estimate of drug-likeness (QED) is 0.222. The van der Waals surface area contributed by atoms with E-state index >= 15 is 0 Å². The first kappa shape index (κ1) is 33.6. The summed E-state index contributed by atoms with van der Waals surface area (Å²) in [4.78, 5) is 51.1.